The van der Waals surface area contributed by atoms with Crippen LogP contribution in [0.5, 0.6) is 11.5 Å². The number of ether oxygens (including phenoxy) is 1. The van der Waals surface area contributed by atoms with E-state index in [0.717, 1.165) is 12.1 Å². The van der Waals surface area contributed by atoms with Gasteiger partial charge in [-0.25, -0.2) is 27.8 Å². The molecule has 2 aromatic carbocycles. The SMILES string of the molecule is C=CC(=O)N1CCC[C@@H](n2nc(-c3ccc(Oc4c(F)c(F)cc(F)c4F)cc3F)c3c(N)ncnc32)C1. The number of aromatic nitrogens is 4. The predicted molar refractivity (Wildman–Crippen MR) is 127 cm³/mol. The lowest BCUT2D eigenvalue weighted by Gasteiger charge is -2.32. The lowest BCUT2D eigenvalue weighted by Crippen LogP contribution is -2.40. The first-order chi connectivity index (χ1) is 18.2. The van der Waals surface area contributed by atoms with Crippen LogP contribution in [-0.4, -0.2) is 43.6 Å². The van der Waals surface area contributed by atoms with Crippen LogP contribution in [0, 0.1) is 29.1 Å². The van der Waals surface area contributed by atoms with E-state index in [9.17, 15) is 22.4 Å². The lowest BCUT2D eigenvalue weighted by molar-refractivity contribution is -0.127. The minimum Gasteiger partial charge on any atom is -0.451 e. The molecule has 1 saturated heterocycles. The van der Waals surface area contributed by atoms with Gasteiger partial charge in [-0.05, 0) is 31.1 Å². The van der Waals surface area contributed by atoms with Crippen molar-refractivity contribution in [2.75, 3.05) is 18.8 Å². The number of carbonyl (C=O) groups is 1. The smallest absolute Gasteiger partial charge is 0.246 e. The number of benzene rings is 2. The zero-order valence-corrected chi connectivity index (χ0v) is 19.6. The Morgan fingerprint density at radius 3 is 2.50 bits per heavy atom. The van der Waals surface area contributed by atoms with Crippen LogP contribution in [0.2, 0.25) is 0 Å². The van der Waals surface area contributed by atoms with Crippen molar-refractivity contribution < 1.29 is 31.5 Å². The van der Waals surface area contributed by atoms with Crippen LogP contribution in [0.4, 0.5) is 27.8 Å². The van der Waals surface area contributed by atoms with E-state index in [1.54, 1.807) is 9.58 Å². The van der Waals surface area contributed by atoms with Gasteiger partial charge in [0.25, 0.3) is 0 Å². The maximum absolute atomic E-state index is 15.3. The van der Waals surface area contributed by atoms with Gasteiger partial charge in [-0.15, -0.1) is 0 Å². The Labute approximate surface area is 212 Å². The third-order valence-corrected chi connectivity index (χ3v) is 6.23. The first-order valence-electron chi connectivity index (χ1n) is 11.4. The molecular weight excluding hydrogens is 511 g/mol. The fourth-order valence-corrected chi connectivity index (χ4v) is 4.43. The number of nitrogens with two attached hydrogens (primary N) is 1. The highest BCUT2D eigenvalue weighted by atomic mass is 19.2. The summed E-state index contributed by atoms with van der Waals surface area (Å²) in [7, 11) is 0. The molecule has 13 heteroatoms. The number of nitrogens with zero attached hydrogens (tertiary/aromatic N) is 5. The summed E-state index contributed by atoms with van der Waals surface area (Å²) in [4.78, 5) is 22.0. The second-order valence-corrected chi connectivity index (χ2v) is 8.58. The summed E-state index contributed by atoms with van der Waals surface area (Å²) < 4.78 is 76.9. The van der Waals surface area contributed by atoms with Crippen LogP contribution in [0.15, 0.2) is 43.2 Å². The maximum Gasteiger partial charge on any atom is 0.246 e. The molecule has 1 fully saturated rings. The fraction of sp³-hybridized carbons (Fsp3) is 0.200. The highest BCUT2D eigenvalue weighted by Crippen LogP contribution is 2.37. The summed E-state index contributed by atoms with van der Waals surface area (Å²) in [6, 6.07) is 2.89. The maximum atomic E-state index is 15.3. The number of rotatable bonds is 5. The summed E-state index contributed by atoms with van der Waals surface area (Å²) in [5.74, 6) is -9.76. The summed E-state index contributed by atoms with van der Waals surface area (Å²) >= 11 is 0. The van der Waals surface area contributed by atoms with E-state index in [1.807, 2.05) is 0 Å². The average molecular weight is 530 g/mol. The topological polar surface area (TPSA) is 99.2 Å². The van der Waals surface area contributed by atoms with Crippen molar-refractivity contribution in [3.8, 4) is 22.8 Å². The molecule has 4 aromatic rings. The third kappa shape index (κ3) is 4.29. The first kappa shape index (κ1) is 25.1. The van der Waals surface area contributed by atoms with E-state index in [1.165, 1.54) is 18.5 Å². The lowest BCUT2D eigenvalue weighted by atomic mass is 10.1. The molecule has 2 aromatic heterocycles. The normalized spacial score (nSPS) is 15.6. The Morgan fingerprint density at radius 1 is 1.08 bits per heavy atom. The molecule has 0 unspecified atom stereocenters. The molecule has 3 heterocycles. The van der Waals surface area contributed by atoms with Gasteiger partial charge in [-0.2, -0.15) is 13.9 Å². The van der Waals surface area contributed by atoms with Crippen molar-refractivity contribution in [1.29, 1.82) is 0 Å². The number of piperidine rings is 1. The zero-order chi connectivity index (χ0) is 27.1. The van der Waals surface area contributed by atoms with Gasteiger partial charge in [0.1, 0.15) is 29.4 Å². The number of carbonyl (C=O) groups excluding carboxylic acids is 1. The molecule has 1 aliphatic rings. The first-order valence-corrected chi connectivity index (χ1v) is 11.4. The van der Waals surface area contributed by atoms with Crippen LogP contribution in [0.25, 0.3) is 22.3 Å². The Bertz CT molecular complexity index is 1560. The van der Waals surface area contributed by atoms with Gasteiger partial charge in [0, 0.05) is 30.8 Å². The molecule has 0 radical (unpaired) electrons. The number of likely N-dealkylation sites (tertiary alicyclic amines) is 1. The number of amides is 1. The molecule has 0 saturated carbocycles. The number of fused-ring (bicyclic) bond motifs is 1. The molecule has 0 aliphatic carbocycles. The van der Waals surface area contributed by atoms with Crippen molar-refractivity contribution >= 4 is 22.8 Å². The van der Waals surface area contributed by atoms with Crippen LogP contribution >= 0.6 is 0 Å². The second kappa shape index (κ2) is 9.72. The fourth-order valence-electron chi connectivity index (χ4n) is 4.43. The van der Waals surface area contributed by atoms with Crippen LogP contribution in [0.3, 0.4) is 0 Å². The number of halogens is 5. The zero-order valence-electron chi connectivity index (χ0n) is 19.6. The highest BCUT2D eigenvalue weighted by molar-refractivity contribution is 5.98. The number of hydrogen-bond acceptors (Lipinski definition) is 6. The molecule has 2 N–H and O–H groups in total. The predicted octanol–water partition coefficient (Wildman–Crippen LogP) is 4.91. The molecule has 1 aliphatic heterocycles. The standard InChI is InChI=1S/C25H19F5N6O2/c1-2-18(37)35-7-3-4-12(10-35)36-25-19(24(31)32-11-33-25)22(34-36)14-6-5-13(8-15(14)26)38-23-20(29)16(27)9-17(28)21(23)30/h2,5-6,8-9,11-12H,1,3-4,7,10H2,(H2,31,32,33)/t12-/m1/s1. The van der Waals surface area contributed by atoms with Gasteiger partial charge in [-0.3, -0.25) is 4.79 Å². The van der Waals surface area contributed by atoms with E-state index < -0.39 is 40.6 Å². The van der Waals surface area contributed by atoms with Gasteiger partial charge in [0.2, 0.25) is 23.3 Å². The quantitative estimate of drug-likeness (QED) is 0.224. The number of nitrogen functional groups attached to an aromatic ring is 1. The van der Waals surface area contributed by atoms with Crippen LogP contribution in [-0.2, 0) is 4.79 Å². The van der Waals surface area contributed by atoms with Gasteiger partial charge >= 0.3 is 0 Å². The summed E-state index contributed by atoms with van der Waals surface area (Å²) in [6.45, 7) is 4.39. The average Bonchev–Trinajstić information content (AvgIpc) is 3.30. The second-order valence-electron chi connectivity index (χ2n) is 8.58. The summed E-state index contributed by atoms with van der Waals surface area (Å²) in [5.41, 5.74) is 6.44. The number of hydrogen-bond donors (Lipinski definition) is 1. The van der Waals surface area contributed by atoms with Gasteiger partial charge < -0.3 is 15.4 Å². The van der Waals surface area contributed by atoms with E-state index >= 15 is 4.39 Å². The van der Waals surface area contributed by atoms with E-state index in [-0.39, 0.29) is 40.5 Å². The highest BCUT2D eigenvalue weighted by Gasteiger charge is 2.29. The molecule has 8 nitrogen and oxygen atoms in total. The van der Waals surface area contributed by atoms with Crippen molar-refractivity contribution in [3.63, 3.8) is 0 Å². The molecule has 0 bridgehead atoms. The van der Waals surface area contributed by atoms with E-state index in [0.29, 0.717) is 31.6 Å². The van der Waals surface area contributed by atoms with Crippen LogP contribution < -0.4 is 10.5 Å². The molecule has 1 atom stereocenters. The molecular formula is C25H19F5N6O2. The largest absolute Gasteiger partial charge is 0.451 e. The van der Waals surface area contributed by atoms with Crippen molar-refractivity contribution in [2.45, 2.75) is 18.9 Å². The Kier molecular flexibility index (Phi) is 6.43. The summed E-state index contributed by atoms with van der Waals surface area (Å²) in [6.07, 6.45) is 3.82. The Hall–Kier alpha value is -4.55. The Morgan fingerprint density at radius 2 is 1.82 bits per heavy atom. The van der Waals surface area contributed by atoms with Gasteiger partial charge in [0.15, 0.2) is 17.3 Å². The minimum atomic E-state index is -1.76. The third-order valence-electron chi connectivity index (χ3n) is 6.23. The molecule has 0 spiro atoms. The molecule has 196 valence electrons. The monoisotopic (exact) mass is 530 g/mol. The van der Waals surface area contributed by atoms with Gasteiger partial charge in [-0.1, -0.05) is 6.58 Å². The molecule has 1 amide bonds. The van der Waals surface area contributed by atoms with Gasteiger partial charge in [0.05, 0.1) is 11.4 Å². The van der Waals surface area contributed by atoms with Crippen LogP contribution in [0.1, 0.15) is 18.9 Å². The number of anilines is 1. The molecule has 38 heavy (non-hydrogen) atoms. The van der Waals surface area contributed by atoms with Crippen molar-refractivity contribution in [3.05, 3.63) is 72.3 Å². The Balaban J connectivity index is 1.55. The van der Waals surface area contributed by atoms with Crippen molar-refractivity contribution in [1.82, 2.24) is 24.6 Å². The summed E-state index contributed by atoms with van der Waals surface area (Å²) in [5, 5.41) is 4.82. The van der Waals surface area contributed by atoms with Crippen molar-refractivity contribution in [2.24, 2.45) is 0 Å². The van der Waals surface area contributed by atoms with E-state index in [4.69, 9.17) is 10.5 Å². The van der Waals surface area contributed by atoms with E-state index in [2.05, 4.69) is 21.6 Å². The minimum absolute atomic E-state index is 0.0326. The molecule has 5 rings (SSSR count).